The maximum Gasteiger partial charge on any atom is 0.211 e. The van der Waals surface area contributed by atoms with Gasteiger partial charge in [0.15, 0.2) is 0 Å². The van der Waals surface area contributed by atoms with Gasteiger partial charge in [-0.15, -0.1) is 5.10 Å². The Morgan fingerprint density at radius 1 is 1.12 bits per heavy atom. The van der Waals surface area contributed by atoms with E-state index in [9.17, 15) is 15.3 Å². The minimum Gasteiger partial charge on any atom is -0.394 e. The highest BCUT2D eigenvalue weighted by Crippen LogP contribution is 2.03. The number of nitrogens with zero attached hydrogens (tertiary/aromatic N) is 2. The van der Waals surface area contributed by atoms with Crippen molar-refractivity contribution in [1.82, 2.24) is 0 Å². The SMILES string of the molecule is NC(N)=N/N=C/C(O)C(O)C(O)C(O)CO. The summed E-state index contributed by atoms with van der Waals surface area (Å²) in [5.41, 5.74) is 9.86. The molecule has 0 radical (unpaired) electrons. The van der Waals surface area contributed by atoms with Gasteiger partial charge in [0.1, 0.15) is 24.4 Å². The lowest BCUT2D eigenvalue weighted by Crippen LogP contribution is -2.46. The zero-order valence-electron chi connectivity index (χ0n) is 8.38. The Hall–Kier alpha value is -1.26. The number of hydrogen-bond acceptors (Lipinski definition) is 7. The summed E-state index contributed by atoms with van der Waals surface area (Å²) in [6, 6.07) is 0. The van der Waals surface area contributed by atoms with E-state index in [1.807, 2.05) is 0 Å². The zero-order chi connectivity index (χ0) is 12.7. The van der Waals surface area contributed by atoms with Gasteiger partial charge in [-0.1, -0.05) is 0 Å². The van der Waals surface area contributed by atoms with E-state index < -0.39 is 31.0 Å². The molecule has 0 spiro atoms. The van der Waals surface area contributed by atoms with E-state index in [-0.39, 0.29) is 5.96 Å². The van der Waals surface area contributed by atoms with Gasteiger partial charge in [0.05, 0.1) is 12.8 Å². The number of aliphatic hydroxyl groups excluding tert-OH is 5. The van der Waals surface area contributed by atoms with E-state index in [1.165, 1.54) is 0 Å². The molecule has 0 aromatic carbocycles. The lowest BCUT2D eigenvalue weighted by atomic mass is 10.0. The Morgan fingerprint density at radius 2 is 1.69 bits per heavy atom. The Morgan fingerprint density at radius 3 is 2.12 bits per heavy atom. The summed E-state index contributed by atoms with van der Waals surface area (Å²) >= 11 is 0. The van der Waals surface area contributed by atoms with Crippen LogP contribution < -0.4 is 11.5 Å². The van der Waals surface area contributed by atoms with E-state index in [2.05, 4.69) is 10.2 Å². The summed E-state index contributed by atoms with van der Waals surface area (Å²) in [6.45, 7) is -0.754. The van der Waals surface area contributed by atoms with Gasteiger partial charge >= 0.3 is 0 Å². The van der Waals surface area contributed by atoms with Crippen LogP contribution in [0.4, 0.5) is 0 Å². The second kappa shape index (κ2) is 7.09. The third-order valence-corrected chi connectivity index (χ3v) is 1.67. The predicted molar refractivity (Wildman–Crippen MR) is 55.4 cm³/mol. The maximum atomic E-state index is 9.28. The van der Waals surface area contributed by atoms with Crippen LogP contribution in [0.25, 0.3) is 0 Å². The van der Waals surface area contributed by atoms with Crippen molar-refractivity contribution < 1.29 is 25.5 Å². The molecule has 0 aliphatic rings. The quantitative estimate of drug-likeness (QED) is 0.138. The van der Waals surface area contributed by atoms with Crippen molar-refractivity contribution in [3.8, 4) is 0 Å². The zero-order valence-corrected chi connectivity index (χ0v) is 8.38. The normalized spacial score (nSPS) is 19.1. The predicted octanol–water partition coefficient (Wildman–Crippen LogP) is -4.32. The van der Waals surface area contributed by atoms with Gasteiger partial charge in [-0.25, -0.2) is 0 Å². The molecule has 4 unspecified atom stereocenters. The summed E-state index contributed by atoms with van der Waals surface area (Å²) in [6.07, 6.45) is -5.82. The molecule has 0 aromatic heterocycles. The van der Waals surface area contributed by atoms with Crippen LogP contribution in [0.15, 0.2) is 10.2 Å². The Kier molecular flexibility index (Phi) is 6.53. The molecular weight excluding hydrogens is 220 g/mol. The standard InChI is InChI=1S/C7H16N4O5/c8-7(9)11-10-1-3(13)5(15)6(16)4(14)2-12/h1,3-6,12-16H,2H2,(H4,8,9,11)/b10-1+. The summed E-state index contributed by atoms with van der Waals surface area (Å²) in [5.74, 6) is -0.339. The van der Waals surface area contributed by atoms with Gasteiger partial charge < -0.3 is 37.0 Å². The lowest BCUT2D eigenvalue weighted by Gasteiger charge is -2.23. The summed E-state index contributed by atoms with van der Waals surface area (Å²) < 4.78 is 0. The minimum atomic E-state index is -1.72. The second-order valence-corrected chi connectivity index (χ2v) is 3.01. The van der Waals surface area contributed by atoms with E-state index in [0.717, 1.165) is 6.21 Å². The molecule has 0 saturated carbocycles. The van der Waals surface area contributed by atoms with Crippen LogP contribution in [0.5, 0.6) is 0 Å². The molecule has 9 heteroatoms. The first-order valence-corrected chi connectivity index (χ1v) is 4.35. The van der Waals surface area contributed by atoms with Gasteiger partial charge in [0, 0.05) is 0 Å². The first kappa shape index (κ1) is 14.7. The Bertz CT molecular complexity index is 255. The van der Waals surface area contributed by atoms with Crippen LogP contribution >= 0.6 is 0 Å². The fourth-order valence-corrected chi connectivity index (χ4v) is 0.794. The summed E-state index contributed by atoms with van der Waals surface area (Å²) in [7, 11) is 0. The lowest BCUT2D eigenvalue weighted by molar-refractivity contribution is -0.0999. The first-order chi connectivity index (χ1) is 7.40. The van der Waals surface area contributed by atoms with Crippen molar-refractivity contribution in [3.63, 3.8) is 0 Å². The average Bonchev–Trinajstić information content (AvgIpc) is 2.25. The van der Waals surface area contributed by atoms with Crippen LogP contribution in [0, 0.1) is 0 Å². The minimum absolute atomic E-state index is 0.339. The second-order valence-electron chi connectivity index (χ2n) is 3.01. The highest BCUT2D eigenvalue weighted by molar-refractivity contribution is 5.76. The molecule has 0 aliphatic carbocycles. The molecule has 94 valence electrons. The van der Waals surface area contributed by atoms with Gasteiger partial charge in [-0.05, 0) is 0 Å². The molecule has 0 aromatic rings. The number of hydrogen-bond donors (Lipinski definition) is 7. The van der Waals surface area contributed by atoms with E-state index in [0.29, 0.717) is 0 Å². The van der Waals surface area contributed by atoms with Crippen LogP contribution in [-0.2, 0) is 0 Å². The van der Waals surface area contributed by atoms with E-state index in [4.69, 9.17) is 21.7 Å². The molecule has 0 rings (SSSR count). The Labute approximate surface area is 91.3 Å². The number of aliphatic hydroxyl groups is 5. The molecule has 0 heterocycles. The Balaban J connectivity index is 4.32. The summed E-state index contributed by atoms with van der Waals surface area (Å²) in [4.78, 5) is 0. The number of guanidine groups is 1. The van der Waals surface area contributed by atoms with E-state index in [1.54, 1.807) is 0 Å². The number of nitrogens with two attached hydrogens (primary N) is 2. The molecule has 0 saturated heterocycles. The van der Waals surface area contributed by atoms with Crippen LogP contribution in [-0.4, -0.2) is 68.7 Å². The highest BCUT2D eigenvalue weighted by atomic mass is 16.4. The van der Waals surface area contributed by atoms with Gasteiger partial charge in [-0.2, -0.15) is 5.10 Å². The molecule has 4 atom stereocenters. The highest BCUT2D eigenvalue weighted by Gasteiger charge is 2.28. The summed E-state index contributed by atoms with van der Waals surface area (Å²) in [5, 5.41) is 51.5. The van der Waals surface area contributed by atoms with Crippen molar-refractivity contribution in [2.75, 3.05) is 6.61 Å². The van der Waals surface area contributed by atoms with Gasteiger partial charge in [-0.3, -0.25) is 0 Å². The molecule has 16 heavy (non-hydrogen) atoms. The fraction of sp³-hybridized carbons (Fsp3) is 0.714. The number of rotatable bonds is 6. The topological polar surface area (TPSA) is 178 Å². The van der Waals surface area contributed by atoms with Crippen LogP contribution in [0.1, 0.15) is 0 Å². The average molecular weight is 236 g/mol. The molecule has 0 fully saturated rings. The molecule has 0 bridgehead atoms. The fourth-order valence-electron chi connectivity index (χ4n) is 0.794. The first-order valence-electron chi connectivity index (χ1n) is 4.35. The van der Waals surface area contributed by atoms with Gasteiger partial charge in [0.2, 0.25) is 5.96 Å². The molecule has 9 nitrogen and oxygen atoms in total. The van der Waals surface area contributed by atoms with Crippen LogP contribution in [0.3, 0.4) is 0 Å². The van der Waals surface area contributed by atoms with Gasteiger partial charge in [0.25, 0.3) is 0 Å². The largest absolute Gasteiger partial charge is 0.394 e. The molecule has 0 amide bonds. The van der Waals surface area contributed by atoms with Crippen molar-refractivity contribution in [2.24, 2.45) is 21.7 Å². The smallest absolute Gasteiger partial charge is 0.211 e. The van der Waals surface area contributed by atoms with Crippen molar-refractivity contribution in [1.29, 1.82) is 0 Å². The molecule has 9 N–H and O–H groups in total. The van der Waals surface area contributed by atoms with E-state index >= 15 is 0 Å². The third-order valence-electron chi connectivity index (χ3n) is 1.67. The van der Waals surface area contributed by atoms with Crippen LogP contribution in [0.2, 0.25) is 0 Å². The maximum absolute atomic E-state index is 9.28. The van der Waals surface area contributed by atoms with Crippen molar-refractivity contribution in [3.05, 3.63) is 0 Å². The van der Waals surface area contributed by atoms with Crippen molar-refractivity contribution >= 4 is 12.2 Å². The monoisotopic (exact) mass is 236 g/mol. The molecule has 0 aliphatic heterocycles. The molecular formula is C7H16N4O5. The van der Waals surface area contributed by atoms with Crippen molar-refractivity contribution in [2.45, 2.75) is 24.4 Å². The third kappa shape index (κ3) is 5.00.